The zero-order valence-corrected chi connectivity index (χ0v) is 14.6. The van der Waals surface area contributed by atoms with Gasteiger partial charge in [0.15, 0.2) is 0 Å². The molecule has 25 heavy (non-hydrogen) atoms. The number of amides is 1. The summed E-state index contributed by atoms with van der Waals surface area (Å²) in [6, 6.07) is 11.5. The van der Waals surface area contributed by atoms with E-state index in [1.807, 2.05) is 12.1 Å². The highest BCUT2D eigenvalue weighted by Crippen LogP contribution is 2.18. The first kappa shape index (κ1) is 17.0. The molecule has 0 atom stereocenters. The van der Waals surface area contributed by atoms with Crippen LogP contribution in [0.15, 0.2) is 48.8 Å². The molecule has 1 N–H and O–H groups in total. The zero-order valence-electron chi connectivity index (χ0n) is 13.8. The number of aromatic nitrogens is 3. The molecule has 128 valence electrons. The number of nitrogens with zero attached hydrogens (tertiary/aromatic N) is 3. The van der Waals surface area contributed by atoms with E-state index in [9.17, 15) is 4.79 Å². The van der Waals surface area contributed by atoms with Gasteiger partial charge < -0.3 is 4.74 Å². The van der Waals surface area contributed by atoms with Gasteiger partial charge in [0, 0.05) is 18.8 Å². The summed E-state index contributed by atoms with van der Waals surface area (Å²) in [6.45, 7) is 2.63. The van der Waals surface area contributed by atoms with Crippen molar-refractivity contribution in [2.45, 2.75) is 19.8 Å². The van der Waals surface area contributed by atoms with Crippen molar-refractivity contribution in [2.75, 3.05) is 11.9 Å². The van der Waals surface area contributed by atoms with Gasteiger partial charge in [0.1, 0.15) is 10.8 Å². The van der Waals surface area contributed by atoms with Crippen molar-refractivity contribution in [3.8, 4) is 5.75 Å². The third-order valence-electron chi connectivity index (χ3n) is 3.53. The predicted octanol–water partition coefficient (Wildman–Crippen LogP) is 3.37. The fourth-order valence-corrected chi connectivity index (χ4v) is 2.86. The number of ether oxygens (including phenoxy) is 1. The van der Waals surface area contributed by atoms with Gasteiger partial charge in [-0.3, -0.25) is 15.1 Å². The van der Waals surface area contributed by atoms with Gasteiger partial charge in [-0.05, 0) is 36.2 Å². The molecule has 0 aliphatic rings. The molecule has 3 rings (SSSR count). The van der Waals surface area contributed by atoms with E-state index in [-0.39, 0.29) is 5.91 Å². The molecule has 0 spiro atoms. The van der Waals surface area contributed by atoms with Crippen LogP contribution in [0.2, 0.25) is 0 Å². The summed E-state index contributed by atoms with van der Waals surface area (Å²) in [5.74, 6) is 0.592. The Hall–Kier alpha value is -2.80. The number of anilines is 1. The molecule has 0 saturated heterocycles. The first-order valence-corrected chi connectivity index (χ1v) is 8.81. The maximum atomic E-state index is 12.0. The Morgan fingerprint density at radius 3 is 2.76 bits per heavy atom. The number of nitrogens with one attached hydrogen (secondary N) is 1. The lowest BCUT2D eigenvalue weighted by molar-refractivity contribution is 0.102. The average Bonchev–Trinajstić information content (AvgIpc) is 3.10. The van der Waals surface area contributed by atoms with Gasteiger partial charge >= 0.3 is 0 Å². The number of benzene rings is 1. The second-order valence-electron chi connectivity index (χ2n) is 5.29. The largest absolute Gasteiger partial charge is 0.493 e. The minimum Gasteiger partial charge on any atom is -0.493 e. The van der Waals surface area contributed by atoms with Crippen LogP contribution in [-0.2, 0) is 12.8 Å². The molecule has 0 fully saturated rings. The molecule has 0 unspecified atom stereocenters. The molecule has 7 heteroatoms. The van der Waals surface area contributed by atoms with Crippen LogP contribution < -0.4 is 10.1 Å². The SMILES string of the molecule is CCc1ccc(OCCc2nnc(NC(=O)c3cccnc3)s2)cc1. The summed E-state index contributed by atoms with van der Waals surface area (Å²) in [5.41, 5.74) is 1.77. The second kappa shape index (κ2) is 8.34. The van der Waals surface area contributed by atoms with E-state index in [0.717, 1.165) is 17.2 Å². The maximum Gasteiger partial charge on any atom is 0.259 e. The van der Waals surface area contributed by atoms with E-state index >= 15 is 0 Å². The topological polar surface area (TPSA) is 77.0 Å². The molecule has 0 aliphatic heterocycles. The molecule has 3 aromatic rings. The minimum atomic E-state index is -0.247. The van der Waals surface area contributed by atoms with Crippen LogP contribution in [0.5, 0.6) is 5.75 Å². The summed E-state index contributed by atoms with van der Waals surface area (Å²) in [5, 5.41) is 12.1. The van der Waals surface area contributed by atoms with Crippen molar-refractivity contribution in [1.82, 2.24) is 15.2 Å². The summed E-state index contributed by atoms with van der Waals surface area (Å²) in [4.78, 5) is 16.0. The van der Waals surface area contributed by atoms with Gasteiger partial charge in [-0.25, -0.2) is 0 Å². The normalized spacial score (nSPS) is 10.4. The lowest BCUT2D eigenvalue weighted by Crippen LogP contribution is -2.11. The van der Waals surface area contributed by atoms with Gasteiger partial charge in [0.25, 0.3) is 5.91 Å². The quantitative estimate of drug-likeness (QED) is 0.704. The molecule has 1 amide bonds. The van der Waals surface area contributed by atoms with Crippen molar-refractivity contribution < 1.29 is 9.53 Å². The van der Waals surface area contributed by atoms with Gasteiger partial charge in [-0.1, -0.05) is 30.4 Å². The monoisotopic (exact) mass is 354 g/mol. The summed E-state index contributed by atoms with van der Waals surface area (Å²) in [7, 11) is 0. The van der Waals surface area contributed by atoms with Crippen molar-refractivity contribution >= 4 is 22.4 Å². The third-order valence-corrected chi connectivity index (χ3v) is 4.43. The number of pyridine rings is 1. The lowest BCUT2D eigenvalue weighted by atomic mass is 10.2. The summed E-state index contributed by atoms with van der Waals surface area (Å²) in [6.07, 6.45) is 4.78. The van der Waals surface area contributed by atoms with E-state index in [4.69, 9.17) is 4.74 Å². The molecule has 0 bridgehead atoms. The number of hydrogen-bond donors (Lipinski definition) is 1. The van der Waals surface area contributed by atoms with Gasteiger partial charge in [0.05, 0.1) is 12.2 Å². The molecule has 0 radical (unpaired) electrons. The van der Waals surface area contributed by atoms with Crippen LogP contribution in [0, 0.1) is 0 Å². The Morgan fingerprint density at radius 2 is 2.04 bits per heavy atom. The molecule has 6 nitrogen and oxygen atoms in total. The number of carbonyl (C=O) groups excluding carboxylic acids is 1. The maximum absolute atomic E-state index is 12.0. The Labute approximate surface area is 149 Å². The third kappa shape index (κ3) is 4.84. The van der Waals surface area contributed by atoms with Gasteiger partial charge in [-0.2, -0.15) is 0 Å². The fraction of sp³-hybridized carbons (Fsp3) is 0.222. The van der Waals surface area contributed by atoms with Crippen LogP contribution in [0.3, 0.4) is 0 Å². The summed E-state index contributed by atoms with van der Waals surface area (Å²) < 4.78 is 5.71. The first-order chi connectivity index (χ1) is 12.2. The van der Waals surface area contributed by atoms with Crippen LogP contribution in [0.4, 0.5) is 5.13 Å². The zero-order chi connectivity index (χ0) is 17.5. The van der Waals surface area contributed by atoms with E-state index < -0.39 is 0 Å². The highest BCUT2D eigenvalue weighted by atomic mass is 32.1. The molecule has 0 saturated carbocycles. The van der Waals surface area contributed by atoms with Crippen LogP contribution in [0.1, 0.15) is 27.9 Å². The fourth-order valence-electron chi connectivity index (χ4n) is 2.15. The molecule has 1 aromatic carbocycles. The van der Waals surface area contributed by atoms with E-state index in [2.05, 4.69) is 39.6 Å². The lowest BCUT2D eigenvalue weighted by Gasteiger charge is -2.05. The standard InChI is InChI=1S/C18H18N4O2S/c1-2-13-5-7-15(8-6-13)24-11-9-16-21-22-18(25-16)20-17(23)14-4-3-10-19-12-14/h3-8,10,12H,2,9,11H2,1H3,(H,20,22,23). The van der Waals surface area contributed by atoms with Crippen LogP contribution in [-0.4, -0.2) is 27.7 Å². The van der Waals surface area contributed by atoms with Crippen LogP contribution in [0.25, 0.3) is 0 Å². The molecule has 0 aliphatic carbocycles. The van der Waals surface area contributed by atoms with Gasteiger partial charge in [-0.15, -0.1) is 10.2 Å². The number of carbonyl (C=O) groups is 1. The van der Waals surface area contributed by atoms with E-state index in [0.29, 0.717) is 23.7 Å². The summed E-state index contributed by atoms with van der Waals surface area (Å²) >= 11 is 1.34. The first-order valence-electron chi connectivity index (χ1n) is 8.00. The van der Waals surface area contributed by atoms with E-state index in [1.165, 1.54) is 23.1 Å². The van der Waals surface area contributed by atoms with Crippen molar-refractivity contribution in [3.05, 3.63) is 64.9 Å². The minimum absolute atomic E-state index is 0.247. The van der Waals surface area contributed by atoms with Crippen molar-refractivity contribution in [2.24, 2.45) is 0 Å². The Kier molecular flexibility index (Phi) is 5.69. The van der Waals surface area contributed by atoms with Crippen molar-refractivity contribution in [3.63, 3.8) is 0 Å². The van der Waals surface area contributed by atoms with Crippen LogP contribution >= 0.6 is 11.3 Å². The number of aryl methyl sites for hydroxylation is 1. The van der Waals surface area contributed by atoms with E-state index in [1.54, 1.807) is 18.3 Å². The number of hydrogen-bond acceptors (Lipinski definition) is 6. The Bertz CT molecular complexity index is 819. The average molecular weight is 354 g/mol. The highest BCUT2D eigenvalue weighted by Gasteiger charge is 2.10. The second-order valence-corrected chi connectivity index (χ2v) is 6.35. The predicted molar refractivity (Wildman–Crippen MR) is 97.1 cm³/mol. The molecular formula is C18H18N4O2S. The molecular weight excluding hydrogens is 336 g/mol. The molecule has 2 heterocycles. The Morgan fingerprint density at radius 1 is 1.20 bits per heavy atom. The smallest absolute Gasteiger partial charge is 0.259 e. The number of rotatable bonds is 7. The van der Waals surface area contributed by atoms with Crippen molar-refractivity contribution in [1.29, 1.82) is 0 Å². The highest BCUT2D eigenvalue weighted by molar-refractivity contribution is 7.15. The molecule has 2 aromatic heterocycles. The Balaban J connectivity index is 1.49. The van der Waals surface area contributed by atoms with Gasteiger partial charge in [0.2, 0.25) is 5.13 Å².